The average molecular weight is 427 g/mol. The Labute approximate surface area is 179 Å². The van der Waals surface area contributed by atoms with Crippen LogP contribution in [0, 0.1) is 11.8 Å². The van der Waals surface area contributed by atoms with Crippen LogP contribution in [0.5, 0.6) is 0 Å². The summed E-state index contributed by atoms with van der Waals surface area (Å²) in [5.41, 5.74) is 0. The Hall–Kier alpha value is -1.08. The molecule has 2 amide bonds. The number of Topliss-reactive ketones (excluding diaryl/α,β-unsaturated/α-hetero) is 1. The number of hydrogen-bond donors (Lipinski definition) is 2. The number of amides is 2. The summed E-state index contributed by atoms with van der Waals surface area (Å²) >= 11 is 1.22. The summed E-state index contributed by atoms with van der Waals surface area (Å²) in [5.74, 6) is 0.749. The maximum absolute atomic E-state index is 12.2. The molecule has 29 heavy (non-hydrogen) atoms. The zero-order chi connectivity index (χ0) is 21.2. The van der Waals surface area contributed by atoms with Gasteiger partial charge in [0.2, 0.25) is 5.91 Å². The zero-order valence-electron chi connectivity index (χ0n) is 18.2. The monoisotopic (exact) mass is 426 g/mol. The molecule has 7 heteroatoms. The second kappa shape index (κ2) is 12.6. The van der Waals surface area contributed by atoms with Gasteiger partial charge in [-0.15, -0.1) is 0 Å². The molecule has 0 aliphatic heterocycles. The van der Waals surface area contributed by atoms with E-state index in [0.717, 1.165) is 57.8 Å². The smallest absolute Gasteiger partial charge is 0.278 e. The maximum Gasteiger partial charge on any atom is 0.278 e. The molecule has 0 atom stereocenters. The van der Waals surface area contributed by atoms with Crippen molar-refractivity contribution in [2.24, 2.45) is 11.8 Å². The molecule has 2 aliphatic rings. The van der Waals surface area contributed by atoms with E-state index in [1.165, 1.54) is 11.8 Å². The Balaban J connectivity index is 1.52. The predicted octanol–water partition coefficient (Wildman–Crippen LogP) is 4.07. The van der Waals surface area contributed by atoms with E-state index in [1.54, 1.807) is 6.26 Å². The van der Waals surface area contributed by atoms with Gasteiger partial charge in [0.25, 0.3) is 5.24 Å². The third-order valence-corrected chi connectivity index (χ3v) is 6.64. The Bertz CT molecular complexity index is 539. The standard InChI is InChI=1S/C22H38N2O4S/c1-15(2)21(26)16-6-8-17(9-7-16)23-20(25)5-4-14-28-19-12-10-18(11-13-19)24-22(27)29-3/h15-19H,4-14H2,1-3H3,(H,23,25)(H,24,27)/t16-,17-,18-,19+. The van der Waals surface area contributed by atoms with E-state index in [1.807, 2.05) is 13.8 Å². The normalized spacial score (nSPS) is 27.4. The Morgan fingerprint density at radius 3 is 2.10 bits per heavy atom. The van der Waals surface area contributed by atoms with Crippen molar-refractivity contribution in [1.29, 1.82) is 0 Å². The van der Waals surface area contributed by atoms with Crippen LogP contribution >= 0.6 is 11.8 Å². The molecule has 2 N–H and O–H groups in total. The summed E-state index contributed by atoms with van der Waals surface area (Å²) < 4.78 is 5.93. The van der Waals surface area contributed by atoms with Gasteiger partial charge in [0, 0.05) is 36.9 Å². The fraction of sp³-hybridized carbons (Fsp3) is 0.864. The molecule has 0 unspecified atom stereocenters. The lowest BCUT2D eigenvalue weighted by Gasteiger charge is -2.29. The number of ketones is 1. The van der Waals surface area contributed by atoms with Crippen molar-refractivity contribution in [3.05, 3.63) is 0 Å². The average Bonchev–Trinajstić information content (AvgIpc) is 2.72. The molecule has 166 valence electrons. The molecular formula is C22H38N2O4S. The van der Waals surface area contributed by atoms with Crippen LogP contribution in [0.25, 0.3) is 0 Å². The van der Waals surface area contributed by atoms with Gasteiger partial charge in [-0.1, -0.05) is 25.6 Å². The van der Waals surface area contributed by atoms with Crippen molar-refractivity contribution < 1.29 is 19.1 Å². The molecule has 2 saturated carbocycles. The van der Waals surface area contributed by atoms with Crippen LogP contribution in [0.2, 0.25) is 0 Å². The van der Waals surface area contributed by atoms with Gasteiger partial charge in [-0.3, -0.25) is 14.4 Å². The van der Waals surface area contributed by atoms with Gasteiger partial charge in [0.05, 0.1) is 6.10 Å². The molecule has 0 saturated heterocycles. The first-order chi connectivity index (χ1) is 13.9. The van der Waals surface area contributed by atoms with Crippen LogP contribution < -0.4 is 10.6 Å². The number of carbonyl (C=O) groups is 3. The minimum absolute atomic E-state index is 0.0420. The van der Waals surface area contributed by atoms with Crippen molar-refractivity contribution in [3.8, 4) is 0 Å². The molecule has 0 spiro atoms. The SMILES string of the molecule is CSC(=O)N[C@H]1CC[C@@H](OCCCC(=O)N[C@H]2CC[C@H](C(=O)C(C)C)CC2)CC1. The summed E-state index contributed by atoms with van der Waals surface area (Å²) in [6.45, 7) is 4.54. The number of hydrogen-bond acceptors (Lipinski definition) is 5. The molecule has 0 aromatic heterocycles. The van der Waals surface area contributed by atoms with Crippen LogP contribution in [-0.4, -0.2) is 48.0 Å². The maximum atomic E-state index is 12.2. The molecular weight excluding hydrogens is 388 g/mol. The number of rotatable bonds is 9. The second-order valence-electron chi connectivity index (χ2n) is 8.76. The second-order valence-corrected chi connectivity index (χ2v) is 9.54. The van der Waals surface area contributed by atoms with Crippen LogP contribution in [0.4, 0.5) is 4.79 Å². The molecule has 0 bridgehead atoms. The van der Waals surface area contributed by atoms with E-state index in [9.17, 15) is 14.4 Å². The lowest BCUT2D eigenvalue weighted by Crippen LogP contribution is -2.39. The number of nitrogens with one attached hydrogen (secondary N) is 2. The van der Waals surface area contributed by atoms with Crippen molar-refractivity contribution >= 4 is 28.7 Å². The van der Waals surface area contributed by atoms with Gasteiger partial charge in [-0.2, -0.15) is 0 Å². The molecule has 0 aromatic rings. The minimum atomic E-state index is 0.0420. The highest BCUT2D eigenvalue weighted by Crippen LogP contribution is 2.27. The van der Waals surface area contributed by atoms with E-state index < -0.39 is 0 Å². The van der Waals surface area contributed by atoms with Crippen molar-refractivity contribution in [1.82, 2.24) is 10.6 Å². The minimum Gasteiger partial charge on any atom is -0.378 e. The Morgan fingerprint density at radius 2 is 1.52 bits per heavy atom. The highest BCUT2D eigenvalue weighted by molar-refractivity contribution is 8.12. The third-order valence-electron chi connectivity index (χ3n) is 6.15. The van der Waals surface area contributed by atoms with Crippen molar-refractivity contribution in [3.63, 3.8) is 0 Å². The highest BCUT2D eigenvalue weighted by Gasteiger charge is 2.28. The van der Waals surface area contributed by atoms with Crippen LogP contribution in [0.15, 0.2) is 0 Å². The molecule has 2 aliphatic carbocycles. The Kier molecular flexibility index (Phi) is 10.5. The van der Waals surface area contributed by atoms with Crippen LogP contribution in [0.1, 0.15) is 78.1 Å². The summed E-state index contributed by atoms with van der Waals surface area (Å²) in [7, 11) is 0. The quantitative estimate of drug-likeness (QED) is 0.543. The predicted molar refractivity (Wildman–Crippen MR) is 117 cm³/mol. The largest absolute Gasteiger partial charge is 0.378 e. The molecule has 0 heterocycles. The summed E-state index contributed by atoms with van der Waals surface area (Å²) in [5, 5.41) is 6.19. The highest BCUT2D eigenvalue weighted by atomic mass is 32.2. The summed E-state index contributed by atoms with van der Waals surface area (Å²) in [4.78, 5) is 35.7. The van der Waals surface area contributed by atoms with E-state index in [-0.39, 0.29) is 41.2 Å². The van der Waals surface area contributed by atoms with E-state index in [0.29, 0.717) is 18.8 Å². The Morgan fingerprint density at radius 1 is 0.931 bits per heavy atom. The van der Waals surface area contributed by atoms with Gasteiger partial charge < -0.3 is 15.4 Å². The zero-order valence-corrected chi connectivity index (χ0v) is 19.0. The van der Waals surface area contributed by atoms with Gasteiger partial charge in [-0.05, 0) is 64.0 Å². The molecule has 0 aromatic carbocycles. The fourth-order valence-corrected chi connectivity index (χ4v) is 4.66. The summed E-state index contributed by atoms with van der Waals surface area (Å²) in [6.07, 6.45) is 10.7. The molecule has 2 rings (SSSR count). The van der Waals surface area contributed by atoms with Crippen molar-refractivity contribution in [2.45, 2.75) is 96.2 Å². The first-order valence-electron chi connectivity index (χ1n) is 11.2. The van der Waals surface area contributed by atoms with E-state index >= 15 is 0 Å². The third kappa shape index (κ3) is 8.67. The first kappa shape index (κ1) is 24.2. The molecule has 0 radical (unpaired) electrons. The van der Waals surface area contributed by atoms with Gasteiger partial charge >= 0.3 is 0 Å². The van der Waals surface area contributed by atoms with E-state index in [2.05, 4.69) is 10.6 Å². The fourth-order valence-electron chi connectivity index (χ4n) is 4.38. The molecule has 2 fully saturated rings. The van der Waals surface area contributed by atoms with Gasteiger partial charge in [0.15, 0.2) is 0 Å². The van der Waals surface area contributed by atoms with Gasteiger partial charge in [0.1, 0.15) is 5.78 Å². The first-order valence-corrected chi connectivity index (χ1v) is 12.4. The molecule has 6 nitrogen and oxygen atoms in total. The number of carbonyl (C=O) groups excluding carboxylic acids is 3. The van der Waals surface area contributed by atoms with Crippen LogP contribution in [0.3, 0.4) is 0 Å². The van der Waals surface area contributed by atoms with Crippen molar-refractivity contribution in [2.75, 3.05) is 12.9 Å². The number of thioether (sulfide) groups is 1. The lowest BCUT2D eigenvalue weighted by atomic mass is 9.80. The van der Waals surface area contributed by atoms with E-state index in [4.69, 9.17) is 4.74 Å². The number of ether oxygens (including phenoxy) is 1. The van der Waals surface area contributed by atoms with Crippen LogP contribution in [-0.2, 0) is 14.3 Å². The topological polar surface area (TPSA) is 84.5 Å². The summed E-state index contributed by atoms with van der Waals surface area (Å²) in [6, 6.07) is 0.484. The van der Waals surface area contributed by atoms with Gasteiger partial charge in [-0.25, -0.2) is 0 Å². The lowest BCUT2D eigenvalue weighted by molar-refractivity contribution is -0.127.